The van der Waals surface area contributed by atoms with Gasteiger partial charge in [-0.1, -0.05) is 26.2 Å². The predicted octanol–water partition coefficient (Wildman–Crippen LogP) is 1.83. The van der Waals surface area contributed by atoms with Crippen LogP contribution in [-0.2, 0) is 4.79 Å². The second-order valence-corrected chi connectivity index (χ2v) is 4.48. The van der Waals surface area contributed by atoms with Gasteiger partial charge in [-0.05, 0) is 19.3 Å². The minimum atomic E-state index is -0.891. The van der Waals surface area contributed by atoms with E-state index in [1.807, 2.05) is 0 Å². The lowest BCUT2D eigenvalue weighted by atomic mass is 10.1. The first-order valence-electron chi connectivity index (χ1n) is 6.44. The van der Waals surface area contributed by atoms with Crippen LogP contribution in [0.25, 0.3) is 0 Å². The molecule has 98 valence electrons. The van der Waals surface area contributed by atoms with Gasteiger partial charge in [0.1, 0.15) is 6.04 Å². The maximum atomic E-state index is 11.9. The third-order valence-electron chi connectivity index (χ3n) is 3.11. The van der Waals surface area contributed by atoms with Crippen LogP contribution in [0.3, 0.4) is 0 Å². The predicted molar refractivity (Wildman–Crippen MR) is 64.9 cm³/mol. The van der Waals surface area contributed by atoms with Gasteiger partial charge < -0.3 is 15.3 Å². The zero-order valence-corrected chi connectivity index (χ0v) is 10.4. The monoisotopic (exact) mass is 242 g/mol. The summed E-state index contributed by atoms with van der Waals surface area (Å²) in [6.07, 6.45) is 5.29. The molecule has 1 heterocycles. The van der Waals surface area contributed by atoms with Crippen molar-refractivity contribution in [3.63, 3.8) is 0 Å². The molecule has 2 N–H and O–H groups in total. The Kier molecular flexibility index (Phi) is 5.80. The van der Waals surface area contributed by atoms with Crippen LogP contribution >= 0.6 is 0 Å². The molecule has 0 aromatic carbocycles. The lowest BCUT2D eigenvalue weighted by Gasteiger charge is -2.27. The molecule has 5 nitrogen and oxygen atoms in total. The first-order valence-corrected chi connectivity index (χ1v) is 6.44. The summed E-state index contributed by atoms with van der Waals surface area (Å²) in [6, 6.07) is -0.883. The number of carbonyl (C=O) groups is 2. The number of hydrogen-bond acceptors (Lipinski definition) is 2. The summed E-state index contributed by atoms with van der Waals surface area (Å²) in [4.78, 5) is 24.5. The van der Waals surface area contributed by atoms with Crippen LogP contribution in [0.4, 0.5) is 4.79 Å². The van der Waals surface area contributed by atoms with E-state index in [0.29, 0.717) is 19.5 Å². The molecule has 0 bridgehead atoms. The molecule has 0 aliphatic carbocycles. The molecule has 1 fully saturated rings. The highest BCUT2D eigenvalue weighted by Gasteiger charge is 2.30. The molecule has 1 aliphatic heterocycles. The van der Waals surface area contributed by atoms with Crippen LogP contribution in [0.2, 0.25) is 0 Å². The highest BCUT2D eigenvalue weighted by Crippen LogP contribution is 2.17. The molecule has 5 heteroatoms. The number of nitrogens with zero attached hydrogens (tertiary/aromatic N) is 1. The molecule has 0 spiro atoms. The molecule has 1 saturated heterocycles. The fourth-order valence-electron chi connectivity index (χ4n) is 2.08. The van der Waals surface area contributed by atoms with Crippen molar-refractivity contribution in [3.8, 4) is 0 Å². The number of amides is 2. The summed E-state index contributed by atoms with van der Waals surface area (Å²) >= 11 is 0. The molecule has 0 aromatic rings. The number of rotatable bonds is 4. The number of aliphatic carboxylic acids is 1. The Balaban J connectivity index is 2.55. The SMILES string of the molecule is CCCCNC(=O)N1CCCCCC1C(=O)O. The van der Waals surface area contributed by atoms with Gasteiger partial charge in [-0.15, -0.1) is 0 Å². The maximum Gasteiger partial charge on any atom is 0.326 e. The van der Waals surface area contributed by atoms with Gasteiger partial charge >= 0.3 is 12.0 Å². The second kappa shape index (κ2) is 7.14. The molecule has 2 amide bonds. The first kappa shape index (κ1) is 13.8. The van der Waals surface area contributed by atoms with Crippen LogP contribution in [0.1, 0.15) is 45.4 Å². The highest BCUT2D eigenvalue weighted by atomic mass is 16.4. The number of carboxylic acids is 1. The van der Waals surface area contributed by atoms with Crippen LogP contribution < -0.4 is 5.32 Å². The number of carbonyl (C=O) groups excluding carboxylic acids is 1. The van der Waals surface area contributed by atoms with E-state index in [1.54, 1.807) is 0 Å². The number of unbranched alkanes of at least 4 members (excludes halogenated alkanes) is 1. The van der Waals surface area contributed by atoms with E-state index in [0.717, 1.165) is 32.1 Å². The molecule has 1 rings (SSSR count). The van der Waals surface area contributed by atoms with Crippen molar-refractivity contribution in [2.45, 2.75) is 51.5 Å². The van der Waals surface area contributed by atoms with Gasteiger partial charge in [0.05, 0.1) is 0 Å². The van der Waals surface area contributed by atoms with Gasteiger partial charge in [-0.3, -0.25) is 0 Å². The van der Waals surface area contributed by atoms with Gasteiger partial charge in [-0.2, -0.15) is 0 Å². The Morgan fingerprint density at radius 3 is 2.76 bits per heavy atom. The van der Waals surface area contributed by atoms with Crippen LogP contribution in [0.5, 0.6) is 0 Å². The van der Waals surface area contributed by atoms with Crippen molar-refractivity contribution in [1.29, 1.82) is 0 Å². The zero-order valence-electron chi connectivity index (χ0n) is 10.4. The maximum absolute atomic E-state index is 11.9. The molecule has 0 saturated carbocycles. The van der Waals surface area contributed by atoms with Gasteiger partial charge in [-0.25, -0.2) is 9.59 Å². The van der Waals surface area contributed by atoms with Gasteiger partial charge in [0.2, 0.25) is 0 Å². The molecule has 1 aliphatic rings. The van der Waals surface area contributed by atoms with E-state index in [9.17, 15) is 9.59 Å². The molecular formula is C12H22N2O3. The second-order valence-electron chi connectivity index (χ2n) is 4.48. The van der Waals surface area contributed by atoms with E-state index in [1.165, 1.54) is 4.90 Å². The smallest absolute Gasteiger partial charge is 0.326 e. The lowest BCUT2D eigenvalue weighted by Crippen LogP contribution is -2.49. The topological polar surface area (TPSA) is 69.6 Å². The quantitative estimate of drug-likeness (QED) is 0.739. The Morgan fingerprint density at radius 1 is 1.35 bits per heavy atom. The Bertz CT molecular complexity index is 268. The van der Waals surface area contributed by atoms with E-state index in [-0.39, 0.29) is 6.03 Å². The highest BCUT2D eigenvalue weighted by molar-refractivity contribution is 5.82. The largest absolute Gasteiger partial charge is 0.480 e. The van der Waals surface area contributed by atoms with Gasteiger partial charge in [0.15, 0.2) is 0 Å². The van der Waals surface area contributed by atoms with Crippen molar-refractivity contribution in [2.75, 3.05) is 13.1 Å². The summed E-state index contributed by atoms with van der Waals surface area (Å²) in [6.45, 7) is 3.23. The summed E-state index contributed by atoms with van der Waals surface area (Å²) in [5.41, 5.74) is 0. The summed E-state index contributed by atoms with van der Waals surface area (Å²) in [5.74, 6) is -0.891. The molecule has 0 radical (unpaired) electrons. The minimum Gasteiger partial charge on any atom is -0.480 e. The van der Waals surface area contributed by atoms with Crippen molar-refractivity contribution in [3.05, 3.63) is 0 Å². The van der Waals surface area contributed by atoms with E-state index in [2.05, 4.69) is 12.2 Å². The molecule has 0 aromatic heterocycles. The van der Waals surface area contributed by atoms with Gasteiger partial charge in [0.25, 0.3) is 0 Å². The standard InChI is InChI=1S/C12H22N2O3/c1-2-3-8-13-12(17)14-9-6-4-5-7-10(14)11(15)16/h10H,2-9H2,1H3,(H,13,17)(H,15,16). The summed E-state index contributed by atoms with van der Waals surface area (Å²) in [7, 11) is 0. The fraction of sp³-hybridized carbons (Fsp3) is 0.833. The number of carboxylic acid groups (broad SMARTS) is 1. The van der Waals surface area contributed by atoms with E-state index in [4.69, 9.17) is 5.11 Å². The van der Waals surface area contributed by atoms with Crippen LogP contribution in [-0.4, -0.2) is 41.1 Å². The fourth-order valence-corrected chi connectivity index (χ4v) is 2.08. The number of nitrogens with one attached hydrogen (secondary N) is 1. The molecule has 1 unspecified atom stereocenters. The summed E-state index contributed by atoms with van der Waals surface area (Å²) in [5, 5.41) is 11.9. The average Bonchev–Trinajstić information content (AvgIpc) is 2.54. The molecular weight excluding hydrogens is 220 g/mol. The third-order valence-corrected chi connectivity index (χ3v) is 3.11. The van der Waals surface area contributed by atoms with Crippen LogP contribution in [0.15, 0.2) is 0 Å². The van der Waals surface area contributed by atoms with Crippen molar-refractivity contribution >= 4 is 12.0 Å². The van der Waals surface area contributed by atoms with E-state index < -0.39 is 12.0 Å². The Morgan fingerprint density at radius 2 is 2.12 bits per heavy atom. The number of hydrogen-bond donors (Lipinski definition) is 2. The third kappa shape index (κ3) is 4.24. The van der Waals surface area contributed by atoms with Crippen molar-refractivity contribution in [2.24, 2.45) is 0 Å². The lowest BCUT2D eigenvalue weighted by molar-refractivity contribution is -0.142. The van der Waals surface area contributed by atoms with Crippen LogP contribution in [0, 0.1) is 0 Å². The Hall–Kier alpha value is -1.26. The average molecular weight is 242 g/mol. The van der Waals surface area contributed by atoms with E-state index >= 15 is 0 Å². The van der Waals surface area contributed by atoms with Crippen molar-refractivity contribution in [1.82, 2.24) is 10.2 Å². The summed E-state index contributed by atoms with van der Waals surface area (Å²) < 4.78 is 0. The Labute approximate surface area is 102 Å². The first-order chi connectivity index (χ1) is 8.16. The normalized spacial score (nSPS) is 20.8. The zero-order chi connectivity index (χ0) is 12.7. The van der Waals surface area contributed by atoms with Crippen molar-refractivity contribution < 1.29 is 14.7 Å². The number of urea groups is 1. The minimum absolute atomic E-state index is 0.229. The van der Waals surface area contributed by atoms with Gasteiger partial charge in [0, 0.05) is 13.1 Å². The molecule has 17 heavy (non-hydrogen) atoms. The number of likely N-dealkylation sites (tertiary alicyclic amines) is 1. The molecule has 1 atom stereocenters.